The lowest BCUT2D eigenvalue weighted by atomic mass is 10.1. The minimum absolute atomic E-state index is 0. The lowest BCUT2D eigenvalue weighted by molar-refractivity contribution is 0.0281. The zero-order valence-electron chi connectivity index (χ0n) is 23.9. The van der Waals surface area contributed by atoms with Gasteiger partial charge in [0.05, 0.1) is 23.9 Å². The first kappa shape index (κ1) is 29.2. The van der Waals surface area contributed by atoms with Crippen LogP contribution in [0.15, 0.2) is 60.8 Å². The normalized spacial score (nSPS) is 13.6. The zero-order valence-corrected chi connectivity index (χ0v) is 24.7. The number of benzene rings is 1. The van der Waals surface area contributed by atoms with E-state index < -0.39 is 0 Å². The highest BCUT2D eigenvalue weighted by Gasteiger charge is 2.13. The van der Waals surface area contributed by atoms with Gasteiger partial charge >= 0.3 is 0 Å². The molecule has 1 unspecified atom stereocenters. The third kappa shape index (κ3) is 8.83. The summed E-state index contributed by atoms with van der Waals surface area (Å²) in [5, 5.41) is 3.35. The Bertz CT molecular complexity index is 1230. The molecule has 0 spiro atoms. The molecule has 39 heavy (non-hydrogen) atoms. The largest absolute Gasteiger partial charge is 0.361 e. The Morgan fingerprint density at radius 3 is 2.74 bits per heavy atom. The number of rotatable bonds is 15. The molecule has 1 aliphatic carbocycles. The van der Waals surface area contributed by atoms with Gasteiger partial charge in [-0.25, -0.2) is 9.97 Å². The van der Waals surface area contributed by atoms with Crippen LogP contribution >= 0.6 is 11.3 Å². The average Bonchev–Trinajstić information content (AvgIpc) is 3.23. The fraction of sp³-hybridized carbons (Fsp3) is 0.438. The number of ether oxygens (including phenoxy) is 1. The van der Waals surface area contributed by atoms with Crippen molar-refractivity contribution in [3.05, 3.63) is 76.8 Å². The van der Waals surface area contributed by atoms with Gasteiger partial charge in [0.2, 0.25) is 5.95 Å². The van der Waals surface area contributed by atoms with Crippen LogP contribution in [0.4, 0.5) is 11.6 Å². The predicted octanol–water partition coefficient (Wildman–Crippen LogP) is 7.63. The SMILES string of the molecule is CCCCN(C)C(CC)CCN(C)COCc1ccc(Nc2nccc(-c3cc4c(s3)CC=CC=C4)n2)cc1.[HH]. The number of fused-ring (bicyclic) bond motifs is 1. The number of unbranched alkanes of at least 4 members (excludes halogenated alkanes) is 1. The van der Waals surface area contributed by atoms with Crippen LogP contribution in [-0.2, 0) is 17.8 Å². The fourth-order valence-corrected chi connectivity index (χ4v) is 5.83. The van der Waals surface area contributed by atoms with Crippen LogP contribution in [0.25, 0.3) is 16.6 Å². The Morgan fingerprint density at radius 1 is 1.10 bits per heavy atom. The molecule has 0 saturated carbocycles. The van der Waals surface area contributed by atoms with Gasteiger partial charge in [-0.1, -0.05) is 56.7 Å². The van der Waals surface area contributed by atoms with Crippen LogP contribution in [0.3, 0.4) is 0 Å². The predicted molar refractivity (Wildman–Crippen MR) is 168 cm³/mol. The molecule has 1 N–H and O–H groups in total. The van der Waals surface area contributed by atoms with E-state index in [1.54, 1.807) is 11.3 Å². The molecule has 0 bridgehead atoms. The van der Waals surface area contributed by atoms with Gasteiger partial charge in [-0.3, -0.25) is 4.90 Å². The van der Waals surface area contributed by atoms with Crippen molar-refractivity contribution in [2.24, 2.45) is 0 Å². The third-order valence-electron chi connectivity index (χ3n) is 7.17. The smallest absolute Gasteiger partial charge is 0.227 e. The molecule has 7 heteroatoms. The van der Waals surface area contributed by atoms with Crippen LogP contribution in [0.2, 0.25) is 0 Å². The van der Waals surface area contributed by atoms with E-state index in [0.717, 1.165) is 34.8 Å². The molecule has 0 fully saturated rings. The molecule has 0 radical (unpaired) electrons. The standard InChI is InChI=1S/C32H43N5OS.H2/c1-5-7-20-37(4)28(6-2)18-21-36(3)24-38-23-25-13-15-27(16-14-25)34-32-33-19-17-29(35-32)31-22-26-11-9-8-10-12-30(26)39-31;/h8-11,13-17,19,22,28H,5-7,12,18,20-21,23-24H2,1-4H3,(H,33,34,35);1H. The first-order valence-electron chi connectivity index (χ1n) is 14.2. The minimum Gasteiger partial charge on any atom is -0.361 e. The van der Waals surface area contributed by atoms with Crippen LogP contribution in [0.1, 0.15) is 57.0 Å². The van der Waals surface area contributed by atoms with Crippen LogP contribution < -0.4 is 5.32 Å². The van der Waals surface area contributed by atoms with Gasteiger partial charge in [-0.15, -0.1) is 11.3 Å². The van der Waals surface area contributed by atoms with Gasteiger partial charge in [-0.05, 0) is 75.3 Å². The second kappa shape index (κ2) is 15.1. The van der Waals surface area contributed by atoms with Crippen molar-refractivity contribution in [1.29, 1.82) is 0 Å². The summed E-state index contributed by atoms with van der Waals surface area (Å²) in [5.41, 5.74) is 4.32. The van der Waals surface area contributed by atoms with E-state index in [1.807, 2.05) is 12.3 Å². The van der Waals surface area contributed by atoms with Crippen molar-refractivity contribution in [2.45, 2.75) is 58.6 Å². The number of hydrogen-bond donors (Lipinski definition) is 1. The molecule has 1 atom stereocenters. The minimum atomic E-state index is 0. The Balaban J connectivity index is 0.00000441. The first-order valence-corrected chi connectivity index (χ1v) is 15.0. The summed E-state index contributed by atoms with van der Waals surface area (Å²) < 4.78 is 6.00. The van der Waals surface area contributed by atoms with Gasteiger partial charge in [0.25, 0.3) is 0 Å². The number of nitrogens with zero attached hydrogens (tertiary/aromatic N) is 4. The molecule has 0 aliphatic heterocycles. The maximum absolute atomic E-state index is 6.00. The second-order valence-electron chi connectivity index (χ2n) is 10.3. The lowest BCUT2D eigenvalue weighted by Crippen LogP contribution is -2.35. The number of thiophene rings is 1. The first-order chi connectivity index (χ1) is 19.1. The molecular weight excluding hydrogens is 502 g/mol. The zero-order chi connectivity index (χ0) is 27.5. The molecule has 0 amide bonds. The van der Waals surface area contributed by atoms with Crippen molar-refractivity contribution >= 4 is 29.0 Å². The molecular formula is C32H45N5OS. The number of nitrogens with one attached hydrogen (secondary N) is 1. The van der Waals surface area contributed by atoms with Gasteiger partial charge in [-0.2, -0.15) is 0 Å². The van der Waals surface area contributed by atoms with Crippen LogP contribution in [0.5, 0.6) is 0 Å². The van der Waals surface area contributed by atoms with Crippen molar-refractivity contribution in [2.75, 3.05) is 39.2 Å². The quantitative estimate of drug-likeness (QED) is 0.198. The van der Waals surface area contributed by atoms with Crippen molar-refractivity contribution in [1.82, 2.24) is 19.8 Å². The van der Waals surface area contributed by atoms with Crippen LogP contribution in [-0.4, -0.2) is 59.7 Å². The topological polar surface area (TPSA) is 53.5 Å². The molecule has 1 aliphatic rings. The van der Waals surface area contributed by atoms with Gasteiger partial charge < -0.3 is 15.0 Å². The summed E-state index contributed by atoms with van der Waals surface area (Å²) in [5.74, 6) is 0.600. The highest BCUT2D eigenvalue weighted by Crippen LogP contribution is 2.33. The van der Waals surface area contributed by atoms with Gasteiger partial charge in [0.1, 0.15) is 0 Å². The number of allylic oxidation sites excluding steroid dienone is 3. The highest BCUT2D eigenvalue weighted by atomic mass is 32.1. The highest BCUT2D eigenvalue weighted by molar-refractivity contribution is 7.15. The number of aromatic nitrogens is 2. The molecule has 1 aromatic carbocycles. The third-order valence-corrected chi connectivity index (χ3v) is 8.37. The maximum Gasteiger partial charge on any atom is 0.227 e. The van der Waals surface area contributed by atoms with E-state index in [9.17, 15) is 0 Å². The second-order valence-corrected chi connectivity index (χ2v) is 11.4. The average molecular weight is 548 g/mol. The Labute approximate surface area is 239 Å². The van der Waals surface area contributed by atoms with E-state index in [0.29, 0.717) is 25.3 Å². The molecule has 3 aromatic rings. The number of anilines is 2. The maximum atomic E-state index is 6.00. The van der Waals surface area contributed by atoms with Gasteiger partial charge in [0.15, 0.2) is 0 Å². The van der Waals surface area contributed by atoms with E-state index in [-0.39, 0.29) is 1.43 Å². The monoisotopic (exact) mass is 547 g/mol. The summed E-state index contributed by atoms with van der Waals surface area (Å²) in [7, 11) is 4.40. The molecule has 2 aromatic heterocycles. The molecule has 0 saturated heterocycles. The Kier molecular flexibility index (Phi) is 11.3. The van der Waals surface area contributed by atoms with E-state index in [1.165, 1.54) is 42.7 Å². The lowest BCUT2D eigenvalue weighted by Gasteiger charge is -2.28. The van der Waals surface area contributed by atoms with Crippen molar-refractivity contribution < 1.29 is 6.16 Å². The molecule has 210 valence electrons. The van der Waals surface area contributed by atoms with Crippen LogP contribution in [0, 0.1) is 0 Å². The van der Waals surface area contributed by atoms with E-state index >= 15 is 0 Å². The van der Waals surface area contributed by atoms with Gasteiger partial charge in [0, 0.05) is 37.2 Å². The molecule has 6 nitrogen and oxygen atoms in total. The fourth-order valence-electron chi connectivity index (χ4n) is 4.73. The van der Waals surface area contributed by atoms with Crippen molar-refractivity contribution in [3.8, 4) is 10.6 Å². The van der Waals surface area contributed by atoms with Crippen molar-refractivity contribution in [3.63, 3.8) is 0 Å². The van der Waals surface area contributed by atoms with E-state index in [2.05, 4.69) is 103 Å². The summed E-state index contributed by atoms with van der Waals surface area (Å²) in [6.07, 6.45) is 16.2. The molecule has 4 rings (SSSR count). The Morgan fingerprint density at radius 2 is 1.95 bits per heavy atom. The summed E-state index contributed by atoms with van der Waals surface area (Å²) in [6, 6.07) is 13.1. The summed E-state index contributed by atoms with van der Waals surface area (Å²) >= 11 is 1.80. The summed E-state index contributed by atoms with van der Waals surface area (Å²) in [4.78, 5) is 16.5. The molecule has 2 heterocycles. The summed E-state index contributed by atoms with van der Waals surface area (Å²) in [6.45, 7) is 8.00. The number of hydrogen-bond acceptors (Lipinski definition) is 7. The Hall–Kier alpha value is -2.84. The van der Waals surface area contributed by atoms with E-state index in [4.69, 9.17) is 9.72 Å².